The number of hydrogen-bond acceptors (Lipinski definition) is 4. The maximum absolute atomic E-state index is 11.9. The Kier molecular flexibility index (Phi) is 7.70. The van der Waals surface area contributed by atoms with Gasteiger partial charge in [-0.1, -0.05) is 28.1 Å². The Morgan fingerprint density at radius 3 is 2.54 bits per heavy atom. The Morgan fingerprint density at radius 1 is 1.15 bits per heavy atom. The van der Waals surface area contributed by atoms with E-state index in [0.717, 1.165) is 21.3 Å². The molecule has 2 amide bonds. The highest BCUT2D eigenvalue weighted by molar-refractivity contribution is 9.10. The van der Waals surface area contributed by atoms with Gasteiger partial charge in [0.25, 0.3) is 0 Å². The van der Waals surface area contributed by atoms with Crippen LogP contribution in [0.4, 0.5) is 5.69 Å². The minimum Gasteiger partial charge on any atom is -0.346 e. The average molecular weight is 432 g/mol. The fourth-order valence-electron chi connectivity index (χ4n) is 2.13. The van der Waals surface area contributed by atoms with Crippen LogP contribution in [-0.2, 0) is 15.3 Å². The number of nitrogens with zero attached hydrogens (tertiary/aromatic N) is 1. The first-order valence-electron chi connectivity index (χ1n) is 7.87. The molecule has 0 unspecified atom stereocenters. The van der Waals surface area contributed by atoms with Crippen LogP contribution in [0.5, 0.6) is 0 Å². The number of carbonyl (C=O) groups excluding carboxylic acids is 2. The van der Waals surface area contributed by atoms with Gasteiger partial charge < -0.3 is 10.6 Å². The van der Waals surface area contributed by atoms with E-state index < -0.39 is 0 Å². The van der Waals surface area contributed by atoms with E-state index in [-0.39, 0.29) is 24.1 Å². The lowest BCUT2D eigenvalue weighted by molar-refractivity contribution is -0.122. The predicted octanol–water partition coefficient (Wildman–Crippen LogP) is 3.62. The molecule has 5 nitrogen and oxygen atoms in total. The predicted molar refractivity (Wildman–Crippen MR) is 108 cm³/mol. The van der Waals surface area contributed by atoms with Gasteiger partial charge in [0, 0.05) is 15.9 Å². The van der Waals surface area contributed by atoms with E-state index in [0.29, 0.717) is 11.3 Å². The third kappa shape index (κ3) is 6.54. The molecule has 2 aromatic carbocycles. The van der Waals surface area contributed by atoms with E-state index in [2.05, 4.69) is 32.6 Å². The van der Waals surface area contributed by atoms with Crippen molar-refractivity contribution in [3.8, 4) is 6.07 Å². The van der Waals surface area contributed by atoms with E-state index in [1.807, 2.05) is 37.3 Å². The number of hydrogen-bond donors (Lipinski definition) is 2. The summed E-state index contributed by atoms with van der Waals surface area (Å²) in [5, 5.41) is 14.2. The van der Waals surface area contributed by atoms with Gasteiger partial charge in [0.15, 0.2) is 0 Å². The Morgan fingerprint density at radius 2 is 1.88 bits per heavy atom. The number of rotatable bonds is 7. The van der Waals surface area contributed by atoms with E-state index >= 15 is 0 Å². The Balaban J connectivity index is 1.69. The smallest absolute Gasteiger partial charge is 0.243 e. The van der Waals surface area contributed by atoms with Crippen molar-refractivity contribution in [1.82, 2.24) is 5.32 Å². The monoisotopic (exact) mass is 431 g/mol. The molecule has 2 aromatic rings. The fraction of sp³-hybridized carbons (Fsp3) is 0.211. The number of nitrogens with one attached hydrogen (secondary N) is 2. The van der Waals surface area contributed by atoms with Gasteiger partial charge in [0.05, 0.1) is 23.9 Å². The van der Waals surface area contributed by atoms with Crippen molar-refractivity contribution in [2.45, 2.75) is 12.7 Å². The zero-order valence-electron chi connectivity index (χ0n) is 14.2. The summed E-state index contributed by atoms with van der Waals surface area (Å²) in [6, 6.07) is 14.9. The minimum absolute atomic E-state index is 0.0637. The molecule has 0 aliphatic carbocycles. The van der Waals surface area contributed by atoms with Crippen molar-refractivity contribution in [1.29, 1.82) is 5.26 Å². The third-order valence-corrected chi connectivity index (χ3v) is 4.99. The number of halogens is 1. The van der Waals surface area contributed by atoms with Crippen LogP contribution in [0.2, 0.25) is 0 Å². The van der Waals surface area contributed by atoms with Crippen LogP contribution in [0.3, 0.4) is 0 Å². The van der Waals surface area contributed by atoms with Crippen LogP contribution in [0.15, 0.2) is 46.9 Å². The molecular weight excluding hydrogens is 414 g/mol. The Bertz CT molecular complexity index is 832. The van der Waals surface area contributed by atoms with Gasteiger partial charge in [0.2, 0.25) is 11.8 Å². The van der Waals surface area contributed by atoms with E-state index in [1.54, 1.807) is 12.1 Å². The quantitative estimate of drug-likeness (QED) is 0.701. The van der Waals surface area contributed by atoms with Crippen LogP contribution in [0.1, 0.15) is 16.7 Å². The van der Waals surface area contributed by atoms with Gasteiger partial charge in [-0.3, -0.25) is 9.59 Å². The molecule has 2 rings (SSSR count). The second-order valence-corrected chi connectivity index (χ2v) is 7.49. The standard InChI is InChI=1S/C19H18BrN3O2S/c1-13-8-16(20)6-7-17(13)23-18(24)10-22-19(25)12-26-11-15-4-2-14(9-21)3-5-15/h2-8H,10-12H2,1H3,(H,22,25)(H,23,24). The number of aryl methyl sites for hydroxylation is 1. The Hall–Kier alpha value is -2.30. The molecule has 0 saturated heterocycles. The lowest BCUT2D eigenvalue weighted by Crippen LogP contribution is -2.34. The molecule has 0 fully saturated rings. The SMILES string of the molecule is Cc1cc(Br)ccc1NC(=O)CNC(=O)CSCc1ccc(C#N)cc1. The molecule has 0 bridgehead atoms. The number of nitriles is 1. The largest absolute Gasteiger partial charge is 0.346 e. The topological polar surface area (TPSA) is 82.0 Å². The molecule has 0 heterocycles. The number of amides is 2. The first-order valence-corrected chi connectivity index (χ1v) is 9.82. The highest BCUT2D eigenvalue weighted by Crippen LogP contribution is 2.19. The first-order chi connectivity index (χ1) is 12.5. The van der Waals surface area contributed by atoms with Crippen LogP contribution < -0.4 is 10.6 Å². The molecular formula is C19H18BrN3O2S. The molecule has 2 N–H and O–H groups in total. The summed E-state index contributed by atoms with van der Waals surface area (Å²) >= 11 is 4.83. The summed E-state index contributed by atoms with van der Waals surface area (Å²) in [6.45, 7) is 1.84. The van der Waals surface area contributed by atoms with Crippen molar-refractivity contribution in [2.24, 2.45) is 0 Å². The van der Waals surface area contributed by atoms with Crippen LogP contribution in [0.25, 0.3) is 0 Å². The molecule has 0 aliphatic rings. The molecule has 0 aromatic heterocycles. The highest BCUT2D eigenvalue weighted by Gasteiger charge is 2.08. The Labute approximate surface area is 165 Å². The first kappa shape index (κ1) is 20.0. The number of anilines is 1. The minimum atomic E-state index is -0.263. The second kappa shape index (κ2) is 10.00. The van der Waals surface area contributed by atoms with E-state index in [4.69, 9.17) is 5.26 Å². The molecule has 0 radical (unpaired) electrons. The normalized spacial score (nSPS) is 10.0. The zero-order chi connectivity index (χ0) is 18.9. The fourth-order valence-corrected chi connectivity index (χ4v) is 3.42. The number of carbonyl (C=O) groups is 2. The van der Waals surface area contributed by atoms with Gasteiger partial charge in [-0.25, -0.2) is 0 Å². The van der Waals surface area contributed by atoms with E-state index in [1.165, 1.54) is 11.8 Å². The summed E-state index contributed by atoms with van der Waals surface area (Å²) in [7, 11) is 0. The van der Waals surface area contributed by atoms with Crippen LogP contribution in [0, 0.1) is 18.3 Å². The molecule has 0 aliphatic heterocycles. The summed E-state index contributed by atoms with van der Waals surface area (Å²) < 4.78 is 0.945. The summed E-state index contributed by atoms with van der Waals surface area (Å²) in [6.07, 6.45) is 0. The number of thioether (sulfide) groups is 1. The van der Waals surface area contributed by atoms with Crippen molar-refractivity contribution < 1.29 is 9.59 Å². The number of benzene rings is 2. The van der Waals surface area contributed by atoms with Gasteiger partial charge in [0.1, 0.15) is 0 Å². The summed E-state index contributed by atoms with van der Waals surface area (Å²) in [5.74, 6) is 0.487. The molecule has 0 saturated carbocycles. The van der Waals surface area contributed by atoms with E-state index in [9.17, 15) is 9.59 Å². The summed E-state index contributed by atoms with van der Waals surface area (Å²) in [4.78, 5) is 23.8. The summed E-state index contributed by atoms with van der Waals surface area (Å²) in [5.41, 5.74) is 3.33. The lowest BCUT2D eigenvalue weighted by Gasteiger charge is -2.09. The maximum Gasteiger partial charge on any atom is 0.243 e. The average Bonchev–Trinajstić information content (AvgIpc) is 2.63. The molecule has 7 heteroatoms. The van der Waals surface area contributed by atoms with Crippen molar-refractivity contribution in [2.75, 3.05) is 17.6 Å². The van der Waals surface area contributed by atoms with Gasteiger partial charge in [-0.2, -0.15) is 5.26 Å². The van der Waals surface area contributed by atoms with Crippen molar-refractivity contribution >= 4 is 45.2 Å². The van der Waals surface area contributed by atoms with Crippen molar-refractivity contribution in [3.05, 3.63) is 63.6 Å². The third-order valence-electron chi connectivity index (χ3n) is 3.49. The van der Waals surface area contributed by atoms with Crippen molar-refractivity contribution in [3.63, 3.8) is 0 Å². The van der Waals surface area contributed by atoms with Gasteiger partial charge in [-0.15, -0.1) is 11.8 Å². The lowest BCUT2D eigenvalue weighted by atomic mass is 10.2. The van der Waals surface area contributed by atoms with Gasteiger partial charge >= 0.3 is 0 Å². The molecule has 26 heavy (non-hydrogen) atoms. The molecule has 0 atom stereocenters. The van der Waals surface area contributed by atoms with Crippen LogP contribution in [-0.4, -0.2) is 24.1 Å². The maximum atomic E-state index is 11.9. The van der Waals surface area contributed by atoms with Gasteiger partial charge in [-0.05, 0) is 48.4 Å². The molecule has 134 valence electrons. The highest BCUT2D eigenvalue weighted by atomic mass is 79.9. The molecule has 0 spiro atoms. The zero-order valence-corrected chi connectivity index (χ0v) is 16.6. The second-order valence-electron chi connectivity index (χ2n) is 5.59. The van der Waals surface area contributed by atoms with Crippen LogP contribution >= 0.6 is 27.7 Å².